The number of amides is 2. The molecule has 0 unspecified atom stereocenters. The monoisotopic (exact) mass is 373 g/mol. The van der Waals surface area contributed by atoms with Crippen LogP contribution in [0.2, 0.25) is 0 Å². The number of carbonyl (C=O) groups is 2. The van der Waals surface area contributed by atoms with Crippen LogP contribution in [0.5, 0.6) is 0 Å². The topological polar surface area (TPSA) is 61.4 Å². The number of anilines is 1. The first kappa shape index (κ1) is 19.4. The molecular weight excluding hydrogens is 345 g/mol. The van der Waals surface area contributed by atoms with Gasteiger partial charge in [-0.25, -0.2) is 4.39 Å². The molecule has 1 aromatic carbocycles. The number of rotatable bonds is 5. The molecule has 146 valence electrons. The van der Waals surface area contributed by atoms with E-state index in [0.29, 0.717) is 38.0 Å². The summed E-state index contributed by atoms with van der Waals surface area (Å²) in [6.45, 7) is 1.03. The van der Waals surface area contributed by atoms with Gasteiger partial charge in [-0.3, -0.25) is 9.59 Å². The normalized spacial score (nSPS) is 19.2. The van der Waals surface area contributed by atoms with Crippen LogP contribution in [0.25, 0.3) is 0 Å². The molecule has 0 saturated carbocycles. The molecule has 0 aromatic heterocycles. The number of nitrogens with one attached hydrogen (secondary N) is 2. The van der Waals surface area contributed by atoms with E-state index in [1.807, 2.05) is 4.90 Å². The molecule has 27 heavy (non-hydrogen) atoms. The second-order valence-corrected chi connectivity index (χ2v) is 7.46. The summed E-state index contributed by atoms with van der Waals surface area (Å²) in [6.07, 6.45) is 8.14. The van der Waals surface area contributed by atoms with Crippen LogP contribution < -0.4 is 10.6 Å². The van der Waals surface area contributed by atoms with E-state index in [4.69, 9.17) is 0 Å². The van der Waals surface area contributed by atoms with E-state index in [9.17, 15) is 14.0 Å². The van der Waals surface area contributed by atoms with Gasteiger partial charge in [-0.15, -0.1) is 0 Å². The number of benzene rings is 1. The maximum absolute atomic E-state index is 13.5. The first-order valence-electron chi connectivity index (χ1n) is 9.74. The number of hydrogen-bond donors (Lipinski definition) is 2. The molecule has 1 aliphatic heterocycles. The Morgan fingerprint density at radius 3 is 2.63 bits per heavy atom. The van der Waals surface area contributed by atoms with Gasteiger partial charge in [0.15, 0.2) is 0 Å². The lowest BCUT2D eigenvalue weighted by molar-refractivity contribution is -0.135. The highest BCUT2D eigenvalue weighted by atomic mass is 19.1. The van der Waals surface area contributed by atoms with Gasteiger partial charge in [0.25, 0.3) is 0 Å². The highest BCUT2D eigenvalue weighted by Gasteiger charge is 2.41. The van der Waals surface area contributed by atoms with Gasteiger partial charge in [0.1, 0.15) is 11.4 Å². The molecule has 1 aliphatic carbocycles. The van der Waals surface area contributed by atoms with Gasteiger partial charge in [0.2, 0.25) is 11.8 Å². The summed E-state index contributed by atoms with van der Waals surface area (Å²) >= 11 is 0. The minimum Gasteiger partial charge on any atom is -0.371 e. The lowest BCUT2D eigenvalue weighted by Crippen LogP contribution is -2.58. The lowest BCUT2D eigenvalue weighted by atomic mass is 9.85. The molecule has 0 radical (unpaired) electrons. The van der Waals surface area contributed by atoms with Crippen LogP contribution in [0.1, 0.15) is 44.9 Å². The minimum absolute atomic E-state index is 0.131. The van der Waals surface area contributed by atoms with E-state index >= 15 is 0 Å². The molecule has 0 bridgehead atoms. The van der Waals surface area contributed by atoms with Crippen molar-refractivity contribution in [2.24, 2.45) is 0 Å². The predicted octanol–water partition coefficient (Wildman–Crippen LogP) is 3.24. The van der Waals surface area contributed by atoms with Crippen LogP contribution in [0.4, 0.5) is 10.1 Å². The smallest absolute Gasteiger partial charge is 0.245 e. The van der Waals surface area contributed by atoms with Crippen molar-refractivity contribution in [3.05, 3.63) is 41.7 Å². The first-order valence-corrected chi connectivity index (χ1v) is 9.74. The Labute approximate surface area is 160 Å². The van der Waals surface area contributed by atoms with Crippen molar-refractivity contribution < 1.29 is 14.0 Å². The number of likely N-dealkylation sites (tertiary alicyclic amines) is 1. The number of likely N-dealkylation sites (N-methyl/N-ethyl adjacent to an activating group) is 1. The Morgan fingerprint density at radius 2 is 2.00 bits per heavy atom. The second kappa shape index (κ2) is 8.55. The fourth-order valence-corrected chi connectivity index (χ4v) is 4.00. The summed E-state index contributed by atoms with van der Waals surface area (Å²) in [5.74, 6) is -0.339. The van der Waals surface area contributed by atoms with Crippen LogP contribution in [0, 0.1) is 5.82 Å². The minimum atomic E-state index is -0.830. The number of piperidine rings is 1. The average Bonchev–Trinajstić information content (AvgIpc) is 2.68. The molecule has 1 saturated heterocycles. The fourth-order valence-electron chi connectivity index (χ4n) is 4.00. The first-order chi connectivity index (χ1) is 13.0. The SMILES string of the molecule is CNC(=O)C1(Nc2cccc(F)c2)CCN(C(=O)CC2=CCCCC2)CC1. The van der Waals surface area contributed by atoms with E-state index < -0.39 is 5.54 Å². The maximum atomic E-state index is 13.5. The van der Waals surface area contributed by atoms with Crippen LogP contribution in [0.3, 0.4) is 0 Å². The van der Waals surface area contributed by atoms with Crippen molar-refractivity contribution in [3.63, 3.8) is 0 Å². The van der Waals surface area contributed by atoms with Gasteiger partial charge in [0, 0.05) is 32.2 Å². The Morgan fingerprint density at radius 1 is 1.22 bits per heavy atom. The van der Waals surface area contributed by atoms with E-state index in [0.717, 1.165) is 19.3 Å². The van der Waals surface area contributed by atoms with Gasteiger partial charge >= 0.3 is 0 Å². The fraction of sp³-hybridized carbons (Fsp3) is 0.524. The molecule has 1 fully saturated rings. The number of carbonyl (C=O) groups excluding carboxylic acids is 2. The zero-order valence-electron chi connectivity index (χ0n) is 15.9. The van der Waals surface area contributed by atoms with Crippen molar-refractivity contribution in [1.82, 2.24) is 10.2 Å². The third-order valence-corrected chi connectivity index (χ3v) is 5.60. The largest absolute Gasteiger partial charge is 0.371 e. The predicted molar refractivity (Wildman–Crippen MR) is 104 cm³/mol. The van der Waals surface area contributed by atoms with Crippen molar-refractivity contribution in [3.8, 4) is 0 Å². The third-order valence-electron chi connectivity index (χ3n) is 5.60. The van der Waals surface area contributed by atoms with E-state index in [2.05, 4.69) is 16.7 Å². The molecule has 1 heterocycles. The van der Waals surface area contributed by atoms with Crippen LogP contribution in [-0.2, 0) is 9.59 Å². The van der Waals surface area contributed by atoms with Crippen LogP contribution >= 0.6 is 0 Å². The maximum Gasteiger partial charge on any atom is 0.245 e. The van der Waals surface area contributed by atoms with E-state index in [1.165, 1.54) is 24.1 Å². The summed E-state index contributed by atoms with van der Waals surface area (Å²) < 4.78 is 13.5. The van der Waals surface area contributed by atoms with Crippen molar-refractivity contribution in [1.29, 1.82) is 0 Å². The molecule has 2 amide bonds. The molecule has 5 nitrogen and oxygen atoms in total. The summed E-state index contributed by atoms with van der Waals surface area (Å²) in [5.41, 5.74) is 0.988. The van der Waals surface area contributed by atoms with E-state index in [1.54, 1.807) is 19.2 Å². The molecule has 0 spiro atoms. The molecule has 2 N–H and O–H groups in total. The van der Waals surface area contributed by atoms with E-state index in [-0.39, 0.29) is 17.6 Å². The molecule has 6 heteroatoms. The molecule has 1 aromatic rings. The molecular formula is C21H28FN3O2. The van der Waals surface area contributed by atoms with Gasteiger partial charge in [-0.1, -0.05) is 17.7 Å². The number of hydrogen-bond acceptors (Lipinski definition) is 3. The van der Waals surface area contributed by atoms with Gasteiger partial charge in [0.05, 0.1) is 0 Å². The lowest BCUT2D eigenvalue weighted by Gasteiger charge is -2.41. The summed E-state index contributed by atoms with van der Waals surface area (Å²) in [6, 6.07) is 6.13. The summed E-state index contributed by atoms with van der Waals surface area (Å²) in [7, 11) is 1.60. The number of nitrogens with zero attached hydrogens (tertiary/aromatic N) is 1. The quantitative estimate of drug-likeness (QED) is 0.779. The number of allylic oxidation sites excluding steroid dienone is 1. The molecule has 3 rings (SSSR count). The zero-order valence-corrected chi connectivity index (χ0v) is 15.9. The average molecular weight is 373 g/mol. The van der Waals surface area contributed by atoms with Crippen LogP contribution in [-0.4, -0.2) is 42.4 Å². The second-order valence-electron chi connectivity index (χ2n) is 7.46. The highest BCUT2D eigenvalue weighted by Crippen LogP contribution is 2.29. The Hall–Kier alpha value is -2.37. The Kier molecular flexibility index (Phi) is 6.14. The van der Waals surface area contributed by atoms with Crippen molar-refractivity contribution in [2.75, 3.05) is 25.5 Å². The van der Waals surface area contributed by atoms with Crippen LogP contribution in [0.15, 0.2) is 35.9 Å². The highest BCUT2D eigenvalue weighted by molar-refractivity contribution is 5.90. The zero-order chi connectivity index (χ0) is 19.3. The van der Waals surface area contributed by atoms with Crippen molar-refractivity contribution >= 4 is 17.5 Å². The third kappa shape index (κ3) is 4.67. The summed E-state index contributed by atoms with van der Waals surface area (Å²) in [4.78, 5) is 27.1. The summed E-state index contributed by atoms with van der Waals surface area (Å²) in [5, 5.41) is 5.94. The van der Waals surface area contributed by atoms with Gasteiger partial charge < -0.3 is 15.5 Å². The number of halogens is 1. The Bertz CT molecular complexity index is 724. The van der Waals surface area contributed by atoms with Gasteiger partial charge in [-0.2, -0.15) is 0 Å². The Balaban J connectivity index is 1.65. The van der Waals surface area contributed by atoms with Gasteiger partial charge in [-0.05, 0) is 56.7 Å². The standard InChI is InChI=1S/C21H28FN3O2/c1-23-20(27)21(24-18-9-5-8-17(22)15-18)10-12-25(13-11-21)19(26)14-16-6-3-2-4-7-16/h5-6,8-9,15,24H,2-4,7,10-14H2,1H3,(H,23,27). The van der Waals surface area contributed by atoms with Crippen molar-refractivity contribution in [2.45, 2.75) is 50.5 Å². The molecule has 0 atom stereocenters. The molecule has 2 aliphatic rings.